The van der Waals surface area contributed by atoms with Gasteiger partial charge in [0.05, 0.1) is 6.10 Å². The van der Waals surface area contributed by atoms with Crippen LogP contribution in [0.15, 0.2) is 0 Å². The second kappa shape index (κ2) is 8.22. The Hall–Kier alpha value is -1.30. The maximum atomic E-state index is 11.8. The maximum Gasteiger partial charge on any atom is 0.315 e. The quantitative estimate of drug-likeness (QED) is 0.569. The van der Waals surface area contributed by atoms with Crippen LogP contribution in [0.4, 0.5) is 4.79 Å². The molecule has 21 heavy (non-hydrogen) atoms. The molecule has 0 aromatic rings. The van der Waals surface area contributed by atoms with Gasteiger partial charge in [0.2, 0.25) is 0 Å². The van der Waals surface area contributed by atoms with Crippen molar-refractivity contribution >= 4 is 12.0 Å². The van der Waals surface area contributed by atoms with Crippen molar-refractivity contribution in [3.05, 3.63) is 0 Å². The first-order valence-corrected chi connectivity index (χ1v) is 7.75. The minimum Gasteiger partial charge on any atom is -0.481 e. The van der Waals surface area contributed by atoms with Crippen LogP contribution < -0.4 is 10.6 Å². The zero-order valence-electron chi connectivity index (χ0n) is 13.3. The minimum absolute atomic E-state index is 0.0329. The Bertz CT molecular complexity index is 358. The van der Waals surface area contributed by atoms with Crippen LogP contribution in [0.3, 0.4) is 0 Å². The summed E-state index contributed by atoms with van der Waals surface area (Å²) in [6.07, 6.45) is 3.53. The molecule has 6 heteroatoms. The lowest BCUT2D eigenvalue weighted by Gasteiger charge is -2.51. The Kier molecular flexibility index (Phi) is 6.95. The van der Waals surface area contributed by atoms with E-state index in [0.717, 1.165) is 19.3 Å². The van der Waals surface area contributed by atoms with Crippen LogP contribution in [0.1, 0.15) is 52.9 Å². The number of carboxylic acid groups (broad SMARTS) is 1. The fourth-order valence-corrected chi connectivity index (χ4v) is 2.60. The molecule has 2 amide bonds. The van der Waals surface area contributed by atoms with Crippen molar-refractivity contribution in [1.29, 1.82) is 0 Å². The van der Waals surface area contributed by atoms with E-state index >= 15 is 0 Å². The van der Waals surface area contributed by atoms with Crippen molar-refractivity contribution in [3.8, 4) is 0 Å². The van der Waals surface area contributed by atoms with E-state index in [1.807, 2.05) is 6.92 Å². The molecule has 3 N–H and O–H groups in total. The summed E-state index contributed by atoms with van der Waals surface area (Å²) in [6, 6.07) is -0.0117. The van der Waals surface area contributed by atoms with E-state index in [1.54, 1.807) is 0 Å². The van der Waals surface area contributed by atoms with Gasteiger partial charge in [0.15, 0.2) is 0 Å². The first-order valence-electron chi connectivity index (χ1n) is 7.75. The number of nitrogens with one attached hydrogen (secondary N) is 2. The van der Waals surface area contributed by atoms with Crippen molar-refractivity contribution in [2.45, 2.75) is 65.0 Å². The molecule has 1 aliphatic rings. The third kappa shape index (κ3) is 5.53. The highest BCUT2D eigenvalue weighted by molar-refractivity contribution is 5.74. The highest BCUT2D eigenvalue weighted by Gasteiger charge is 2.49. The summed E-state index contributed by atoms with van der Waals surface area (Å²) in [6.45, 7) is 7.46. The van der Waals surface area contributed by atoms with Crippen LogP contribution in [-0.4, -0.2) is 42.4 Å². The van der Waals surface area contributed by atoms with Gasteiger partial charge in [0.25, 0.3) is 0 Å². The first kappa shape index (κ1) is 17.8. The molecule has 0 bridgehead atoms. The maximum absolute atomic E-state index is 11.8. The van der Waals surface area contributed by atoms with Gasteiger partial charge < -0.3 is 20.5 Å². The Morgan fingerprint density at radius 1 is 1.29 bits per heavy atom. The van der Waals surface area contributed by atoms with E-state index in [4.69, 9.17) is 9.84 Å². The van der Waals surface area contributed by atoms with E-state index in [9.17, 15) is 9.59 Å². The predicted octanol–water partition coefficient (Wildman–Crippen LogP) is 2.13. The number of carbonyl (C=O) groups excluding carboxylic acids is 1. The summed E-state index contributed by atoms with van der Waals surface area (Å²) in [4.78, 5) is 22.1. The Morgan fingerprint density at radius 2 is 2.00 bits per heavy atom. The summed E-state index contributed by atoms with van der Waals surface area (Å²) in [5.74, 6) is -0.767. The van der Waals surface area contributed by atoms with Gasteiger partial charge in [-0.3, -0.25) is 4.79 Å². The molecule has 0 aromatic heterocycles. The van der Waals surface area contributed by atoms with Gasteiger partial charge in [-0.05, 0) is 26.2 Å². The minimum atomic E-state index is -0.767. The molecular formula is C15H28N2O4. The summed E-state index contributed by atoms with van der Waals surface area (Å²) < 4.78 is 5.63. The average molecular weight is 300 g/mol. The molecule has 1 rings (SSSR count). The van der Waals surface area contributed by atoms with Crippen molar-refractivity contribution in [2.75, 3.05) is 13.2 Å². The smallest absolute Gasteiger partial charge is 0.315 e. The molecule has 122 valence electrons. The van der Waals surface area contributed by atoms with Crippen molar-refractivity contribution in [3.63, 3.8) is 0 Å². The van der Waals surface area contributed by atoms with Gasteiger partial charge in [-0.1, -0.05) is 20.3 Å². The molecule has 0 saturated heterocycles. The monoisotopic (exact) mass is 300 g/mol. The molecule has 1 fully saturated rings. The van der Waals surface area contributed by atoms with Crippen LogP contribution in [-0.2, 0) is 9.53 Å². The zero-order valence-corrected chi connectivity index (χ0v) is 13.3. The van der Waals surface area contributed by atoms with Gasteiger partial charge >= 0.3 is 12.0 Å². The number of aliphatic carboxylic acids is 1. The van der Waals surface area contributed by atoms with E-state index in [0.29, 0.717) is 19.6 Å². The largest absolute Gasteiger partial charge is 0.481 e. The van der Waals surface area contributed by atoms with Crippen LogP contribution in [0, 0.1) is 5.41 Å². The van der Waals surface area contributed by atoms with E-state index in [2.05, 4.69) is 24.5 Å². The number of carboxylic acids is 1. The van der Waals surface area contributed by atoms with Crippen molar-refractivity contribution in [2.24, 2.45) is 5.41 Å². The first-order chi connectivity index (χ1) is 9.87. The zero-order chi connectivity index (χ0) is 15.9. The normalized spacial score (nSPS) is 23.2. The number of ether oxygens (including phenoxy) is 1. The number of carbonyl (C=O) groups is 2. The molecule has 2 atom stereocenters. The third-order valence-electron chi connectivity index (χ3n) is 4.20. The van der Waals surface area contributed by atoms with Crippen LogP contribution >= 0.6 is 0 Å². The lowest BCUT2D eigenvalue weighted by Crippen LogP contribution is -2.63. The SMILES string of the molecule is CCOC1CC(NC(=O)NCCCCCC(=O)O)C1(C)C. The second-order valence-electron chi connectivity index (χ2n) is 6.16. The molecule has 0 aromatic carbocycles. The molecule has 6 nitrogen and oxygen atoms in total. The Labute approximate surface area is 126 Å². The van der Waals surface area contributed by atoms with Crippen LogP contribution in [0.5, 0.6) is 0 Å². The number of unbranched alkanes of at least 4 members (excludes halogenated alkanes) is 2. The van der Waals surface area contributed by atoms with E-state index < -0.39 is 5.97 Å². The standard InChI is InChI=1S/C15H28N2O4/c1-4-21-12-10-11(15(12,2)3)17-14(20)16-9-7-5-6-8-13(18)19/h11-12H,4-10H2,1-3H3,(H,18,19)(H2,16,17,20). The highest BCUT2D eigenvalue weighted by atomic mass is 16.5. The van der Waals surface area contributed by atoms with Crippen LogP contribution in [0.2, 0.25) is 0 Å². The molecule has 0 radical (unpaired) electrons. The molecule has 2 unspecified atom stereocenters. The second-order valence-corrected chi connectivity index (χ2v) is 6.16. The summed E-state index contributed by atoms with van der Waals surface area (Å²) in [7, 11) is 0. The van der Waals surface area contributed by atoms with Crippen LogP contribution in [0.25, 0.3) is 0 Å². The lowest BCUT2D eigenvalue weighted by molar-refractivity contribution is -0.137. The highest BCUT2D eigenvalue weighted by Crippen LogP contribution is 2.42. The van der Waals surface area contributed by atoms with Gasteiger partial charge in [0.1, 0.15) is 0 Å². The molecule has 0 heterocycles. The predicted molar refractivity (Wildman–Crippen MR) is 80.2 cm³/mol. The fourth-order valence-electron chi connectivity index (χ4n) is 2.60. The lowest BCUT2D eigenvalue weighted by atomic mass is 9.64. The number of hydrogen-bond acceptors (Lipinski definition) is 3. The topological polar surface area (TPSA) is 87.7 Å². The van der Waals surface area contributed by atoms with Crippen molar-refractivity contribution in [1.82, 2.24) is 10.6 Å². The summed E-state index contributed by atoms with van der Waals surface area (Å²) in [5, 5.41) is 14.3. The van der Waals surface area contributed by atoms with Gasteiger partial charge in [0, 0.05) is 31.0 Å². The number of rotatable bonds is 9. The molecule has 1 saturated carbocycles. The molecule has 0 spiro atoms. The molecule has 0 aliphatic heterocycles. The molecular weight excluding hydrogens is 272 g/mol. The summed E-state index contributed by atoms with van der Waals surface area (Å²) in [5.41, 5.74) is -0.0329. The van der Waals surface area contributed by atoms with E-state index in [1.165, 1.54) is 0 Å². The fraction of sp³-hybridized carbons (Fsp3) is 0.867. The number of hydrogen-bond donors (Lipinski definition) is 3. The molecule has 1 aliphatic carbocycles. The third-order valence-corrected chi connectivity index (χ3v) is 4.20. The van der Waals surface area contributed by atoms with Gasteiger partial charge in [-0.25, -0.2) is 4.79 Å². The van der Waals surface area contributed by atoms with Crippen molar-refractivity contribution < 1.29 is 19.4 Å². The van der Waals surface area contributed by atoms with Gasteiger partial charge in [-0.15, -0.1) is 0 Å². The van der Waals surface area contributed by atoms with E-state index in [-0.39, 0.29) is 30.0 Å². The average Bonchev–Trinajstić information content (AvgIpc) is 2.41. The van der Waals surface area contributed by atoms with Gasteiger partial charge in [-0.2, -0.15) is 0 Å². The number of amides is 2. The number of urea groups is 1. The summed E-state index contributed by atoms with van der Waals surface area (Å²) >= 11 is 0. The Balaban J connectivity index is 2.11. The Morgan fingerprint density at radius 3 is 2.57 bits per heavy atom.